The van der Waals surface area contributed by atoms with Crippen molar-refractivity contribution in [2.24, 2.45) is 0 Å². The Morgan fingerprint density at radius 2 is 1.92 bits per heavy atom. The first-order valence-corrected chi connectivity index (χ1v) is 13.1. The minimum atomic E-state index is -1.85. The molecule has 0 radical (unpaired) electrons. The number of ether oxygens (including phenoxy) is 1. The summed E-state index contributed by atoms with van der Waals surface area (Å²) in [7, 11) is -0.0402. The number of methoxy groups -OCH3 is 1. The molecule has 1 aliphatic heterocycles. The molecule has 0 aromatic heterocycles. The summed E-state index contributed by atoms with van der Waals surface area (Å²) in [6.45, 7) is 18.0. The smallest absolute Gasteiger partial charge is 0.250 e. The predicted octanol–water partition coefficient (Wildman–Crippen LogP) is 5.95. The molecule has 2 rings (SSSR count). The highest BCUT2D eigenvalue weighted by atomic mass is 28.4. The number of hydrogen-bond acceptors (Lipinski definition) is 3. The van der Waals surface area contributed by atoms with E-state index in [1.807, 2.05) is 0 Å². The van der Waals surface area contributed by atoms with E-state index >= 15 is 0 Å². The molecule has 148 valence electrons. The summed E-state index contributed by atoms with van der Waals surface area (Å²) < 4.78 is 12.2. The SMILES string of the molecule is CCCc1cc(N2CCC[C@H]2COC)cc(C)c1O[Si](C)(C)C(C)(C)C. The van der Waals surface area contributed by atoms with Crippen LogP contribution in [0.2, 0.25) is 18.1 Å². The normalized spacial score (nSPS) is 18.5. The molecule has 1 aromatic carbocycles. The molecule has 3 nitrogen and oxygen atoms in total. The molecule has 0 N–H and O–H groups in total. The van der Waals surface area contributed by atoms with Crippen molar-refractivity contribution in [2.75, 3.05) is 25.2 Å². The third-order valence-electron chi connectivity index (χ3n) is 6.09. The quantitative estimate of drug-likeness (QED) is 0.548. The summed E-state index contributed by atoms with van der Waals surface area (Å²) in [5.41, 5.74) is 3.99. The molecule has 1 aliphatic rings. The van der Waals surface area contributed by atoms with Crippen LogP contribution < -0.4 is 9.33 Å². The van der Waals surface area contributed by atoms with Gasteiger partial charge in [0, 0.05) is 19.3 Å². The number of anilines is 1. The van der Waals surface area contributed by atoms with Gasteiger partial charge in [0.1, 0.15) is 5.75 Å². The van der Waals surface area contributed by atoms with E-state index in [1.165, 1.54) is 29.7 Å². The van der Waals surface area contributed by atoms with Crippen molar-refractivity contribution in [2.45, 2.75) is 84.5 Å². The van der Waals surface area contributed by atoms with Crippen LogP contribution in [0.1, 0.15) is 58.1 Å². The lowest BCUT2D eigenvalue weighted by Crippen LogP contribution is -2.44. The van der Waals surface area contributed by atoms with Gasteiger partial charge in [-0.05, 0) is 67.6 Å². The second-order valence-corrected chi connectivity index (χ2v) is 14.0. The Labute approximate surface area is 162 Å². The number of nitrogens with zero attached hydrogens (tertiary/aromatic N) is 1. The van der Waals surface area contributed by atoms with Gasteiger partial charge in [-0.3, -0.25) is 0 Å². The van der Waals surface area contributed by atoms with Crippen LogP contribution in [-0.2, 0) is 11.2 Å². The lowest BCUT2D eigenvalue weighted by atomic mass is 10.0. The van der Waals surface area contributed by atoms with Crippen LogP contribution in [0.25, 0.3) is 0 Å². The molecule has 0 saturated carbocycles. The maximum Gasteiger partial charge on any atom is 0.250 e. The average molecular weight is 378 g/mol. The largest absolute Gasteiger partial charge is 0.543 e. The van der Waals surface area contributed by atoms with Gasteiger partial charge >= 0.3 is 0 Å². The van der Waals surface area contributed by atoms with Crippen molar-refractivity contribution in [1.29, 1.82) is 0 Å². The summed E-state index contributed by atoms with van der Waals surface area (Å²) in [4.78, 5) is 2.53. The molecule has 4 heteroatoms. The van der Waals surface area contributed by atoms with E-state index in [4.69, 9.17) is 9.16 Å². The highest BCUT2D eigenvalue weighted by molar-refractivity contribution is 6.74. The molecule has 1 atom stereocenters. The van der Waals surface area contributed by atoms with E-state index in [1.54, 1.807) is 7.11 Å². The fraction of sp³-hybridized carbons (Fsp3) is 0.727. The van der Waals surface area contributed by atoms with Crippen LogP contribution >= 0.6 is 0 Å². The van der Waals surface area contributed by atoms with Crippen molar-refractivity contribution in [3.63, 3.8) is 0 Å². The van der Waals surface area contributed by atoms with Crippen molar-refractivity contribution >= 4 is 14.0 Å². The third kappa shape index (κ3) is 4.64. The highest BCUT2D eigenvalue weighted by Gasteiger charge is 2.39. The second-order valence-electron chi connectivity index (χ2n) is 9.31. The van der Waals surface area contributed by atoms with Crippen LogP contribution in [-0.4, -0.2) is 34.6 Å². The maximum atomic E-state index is 6.77. The van der Waals surface area contributed by atoms with Crippen molar-refractivity contribution in [3.8, 4) is 5.75 Å². The zero-order chi connectivity index (χ0) is 19.5. The molecule has 1 saturated heterocycles. The van der Waals surface area contributed by atoms with Crippen LogP contribution in [0.3, 0.4) is 0 Å². The number of aryl methyl sites for hydroxylation is 2. The lowest BCUT2D eigenvalue weighted by Gasteiger charge is -2.38. The van der Waals surface area contributed by atoms with Gasteiger partial charge in [-0.2, -0.15) is 0 Å². The first-order valence-electron chi connectivity index (χ1n) is 10.2. The number of rotatable bonds is 7. The second kappa shape index (κ2) is 8.35. The van der Waals surface area contributed by atoms with Gasteiger partial charge in [-0.25, -0.2) is 0 Å². The van der Waals surface area contributed by atoms with E-state index < -0.39 is 8.32 Å². The Bertz CT molecular complexity index is 607. The number of hydrogen-bond donors (Lipinski definition) is 0. The van der Waals surface area contributed by atoms with E-state index in [0.717, 1.165) is 31.7 Å². The van der Waals surface area contributed by atoms with E-state index in [9.17, 15) is 0 Å². The number of benzene rings is 1. The van der Waals surface area contributed by atoms with E-state index in [2.05, 4.69) is 64.7 Å². The Hall–Kier alpha value is -1.00. The van der Waals surface area contributed by atoms with Crippen LogP contribution in [0.5, 0.6) is 5.75 Å². The Balaban J connectivity index is 2.39. The summed E-state index contributed by atoms with van der Waals surface area (Å²) in [6.07, 6.45) is 4.68. The Kier molecular flexibility index (Phi) is 6.84. The molecule has 0 spiro atoms. The van der Waals surface area contributed by atoms with E-state index in [-0.39, 0.29) is 5.04 Å². The van der Waals surface area contributed by atoms with Gasteiger partial charge in [-0.15, -0.1) is 0 Å². The predicted molar refractivity (Wildman–Crippen MR) is 115 cm³/mol. The van der Waals surface area contributed by atoms with Crippen LogP contribution in [0.15, 0.2) is 12.1 Å². The minimum absolute atomic E-state index is 0.208. The molecule has 0 unspecified atom stereocenters. The fourth-order valence-corrected chi connectivity index (χ4v) is 4.65. The monoisotopic (exact) mass is 377 g/mol. The zero-order valence-electron chi connectivity index (χ0n) is 18.2. The standard InChI is InChI=1S/C22H39NO2Si/c1-9-11-18-15-20(23-13-10-12-19(23)16-24-6)14-17(2)21(18)25-26(7,8)22(3,4)5/h14-15,19H,9-13,16H2,1-8H3/t19-/m0/s1. The molecule has 1 fully saturated rings. The first-order chi connectivity index (χ1) is 12.1. The topological polar surface area (TPSA) is 21.7 Å². The van der Waals surface area contributed by atoms with Crippen molar-refractivity contribution in [1.82, 2.24) is 0 Å². The van der Waals surface area contributed by atoms with Crippen LogP contribution in [0, 0.1) is 6.92 Å². The van der Waals surface area contributed by atoms with Gasteiger partial charge in [0.15, 0.2) is 0 Å². The molecular weight excluding hydrogens is 338 g/mol. The Morgan fingerprint density at radius 1 is 1.23 bits per heavy atom. The summed E-state index contributed by atoms with van der Waals surface area (Å²) in [5, 5.41) is 0.208. The molecule has 1 heterocycles. The Morgan fingerprint density at radius 3 is 2.50 bits per heavy atom. The molecule has 26 heavy (non-hydrogen) atoms. The van der Waals surface area contributed by atoms with Crippen molar-refractivity contribution in [3.05, 3.63) is 23.3 Å². The average Bonchev–Trinajstić information content (AvgIpc) is 2.98. The molecule has 1 aromatic rings. The van der Waals surface area contributed by atoms with Gasteiger partial charge < -0.3 is 14.1 Å². The summed E-state index contributed by atoms with van der Waals surface area (Å²) in [6, 6.07) is 5.21. The lowest BCUT2D eigenvalue weighted by molar-refractivity contribution is 0.181. The first kappa shape index (κ1) is 21.3. The molecule has 0 aliphatic carbocycles. The van der Waals surface area contributed by atoms with Crippen molar-refractivity contribution < 1.29 is 9.16 Å². The maximum absolute atomic E-state index is 6.77. The third-order valence-corrected chi connectivity index (χ3v) is 10.4. The van der Waals surface area contributed by atoms with Gasteiger partial charge in [0.2, 0.25) is 0 Å². The highest BCUT2D eigenvalue weighted by Crippen LogP contribution is 2.41. The fourth-order valence-electron chi connectivity index (χ4n) is 3.54. The van der Waals surface area contributed by atoms with Crippen LogP contribution in [0.4, 0.5) is 5.69 Å². The molecule has 0 bridgehead atoms. The zero-order valence-corrected chi connectivity index (χ0v) is 19.2. The van der Waals surface area contributed by atoms with Gasteiger partial charge in [0.25, 0.3) is 8.32 Å². The summed E-state index contributed by atoms with van der Waals surface area (Å²) >= 11 is 0. The molecular formula is C22H39NO2Si. The summed E-state index contributed by atoms with van der Waals surface area (Å²) in [5.74, 6) is 1.14. The van der Waals surface area contributed by atoms with Gasteiger partial charge in [0.05, 0.1) is 12.6 Å². The molecule has 0 amide bonds. The van der Waals surface area contributed by atoms with Gasteiger partial charge in [-0.1, -0.05) is 34.1 Å². The van der Waals surface area contributed by atoms with E-state index in [0.29, 0.717) is 6.04 Å². The minimum Gasteiger partial charge on any atom is -0.543 e.